The Balaban J connectivity index is 2.39. The smallest absolute Gasteiger partial charge is 0.231 e. The largest absolute Gasteiger partial charge is 0.493 e. The van der Waals surface area contributed by atoms with Crippen molar-refractivity contribution in [3.05, 3.63) is 17.4 Å². The van der Waals surface area contributed by atoms with E-state index in [4.69, 9.17) is 20.1 Å². The van der Waals surface area contributed by atoms with Gasteiger partial charge in [0.25, 0.3) is 0 Å². The summed E-state index contributed by atoms with van der Waals surface area (Å²) in [6, 6.07) is 1.67. The Bertz CT molecular complexity index is 397. The summed E-state index contributed by atoms with van der Waals surface area (Å²) in [5.74, 6) is 4.99. The molecular weight excluding hydrogens is 217 g/mol. The fraction of sp³-hybridized carbons (Fsp3) is 0.400. The molecule has 1 aromatic rings. The van der Waals surface area contributed by atoms with Crippen LogP contribution < -0.4 is 20.1 Å². The number of benzene rings is 1. The van der Waals surface area contributed by atoms with Crippen LogP contribution in [0.25, 0.3) is 0 Å². The molecule has 0 aromatic heterocycles. The van der Waals surface area contributed by atoms with E-state index in [1.807, 2.05) is 0 Å². The minimum atomic E-state index is -0.551. The summed E-state index contributed by atoms with van der Waals surface area (Å²) in [4.78, 5) is 4.45. The van der Waals surface area contributed by atoms with Crippen LogP contribution in [-0.2, 0) is 11.3 Å². The van der Waals surface area contributed by atoms with Crippen LogP contribution in [0.15, 0.2) is 6.07 Å². The molecule has 0 radical (unpaired) electrons. The minimum absolute atomic E-state index is 0.0201. The molecule has 0 saturated carbocycles. The summed E-state index contributed by atoms with van der Waals surface area (Å²) in [6.45, 7) is 0.293. The number of rotatable bonds is 4. The van der Waals surface area contributed by atoms with E-state index in [1.165, 1.54) is 7.11 Å². The van der Waals surface area contributed by atoms with Gasteiger partial charge in [-0.1, -0.05) is 0 Å². The standard InChI is InChI=1S/C10H12FNO4/c1-13-9-6(2-3-16-12)4-7-10(8(9)11)15-5-14-7/h4H,2-3,5,12H2,1H3. The van der Waals surface area contributed by atoms with Crippen LogP contribution >= 0.6 is 0 Å². The number of nitrogens with two attached hydrogens (primary N) is 1. The highest BCUT2D eigenvalue weighted by Crippen LogP contribution is 2.41. The van der Waals surface area contributed by atoms with Gasteiger partial charge in [0.05, 0.1) is 13.7 Å². The van der Waals surface area contributed by atoms with Crippen LogP contribution in [0.1, 0.15) is 5.56 Å². The first kappa shape index (κ1) is 11.0. The molecule has 16 heavy (non-hydrogen) atoms. The number of fused-ring (bicyclic) bond motifs is 1. The first-order chi connectivity index (χ1) is 7.77. The SMILES string of the molecule is COc1c(CCON)cc2c(c1F)OCO2. The van der Waals surface area contributed by atoms with Crippen molar-refractivity contribution in [2.45, 2.75) is 6.42 Å². The predicted octanol–water partition coefficient (Wildman–Crippen LogP) is 0.996. The van der Waals surface area contributed by atoms with Gasteiger partial charge in [-0.15, -0.1) is 0 Å². The third-order valence-electron chi connectivity index (χ3n) is 2.33. The lowest BCUT2D eigenvalue weighted by Crippen LogP contribution is -2.05. The van der Waals surface area contributed by atoms with Crippen LogP contribution in [0.4, 0.5) is 4.39 Å². The number of hydrogen-bond acceptors (Lipinski definition) is 5. The van der Waals surface area contributed by atoms with E-state index in [0.29, 0.717) is 17.7 Å². The van der Waals surface area contributed by atoms with Crippen molar-refractivity contribution in [1.82, 2.24) is 0 Å². The third-order valence-corrected chi connectivity index (χ3v) is 2.33. The molecule has 0 aliphatic carbocycles. The van der Waals surface area contributed by atoms with Gasteiger partial charge in [-0.05, 0) is 6.07 Å². The Morgan fingerprint density at radius 2 is 2.31 bits per heavy atom. The van der Waals surface area contributed by atoms with E-state index < -0.39 is 5.82 Å². The maximum absolute atomic E-state index is 13.9. The third kappa shape index (κ3) is 1.77. The van der Waals surface area contributed by atoms with Crippen molar-refractivity contribution in [3.63, 3.8) is 0 Å². The minimum Gasteiger partial charge on any atom is -0.493 e. The highest BCUT2D eigenvalue weighted by Gasteiger charge is 2.25. The van der Waals surface area contributed by atoms with Crippen molar-refractivity contribution in [1.29, 1.82) is 0 Å². The molecule has 0 fully saturated rings. The van der Waals surface area contributed by atoms with Crippen molar-refractivity contribution < 1.29 is 23.4 Å². The van der Waals surface area contributed by atoms with E-state index in [-0.39, 0.29) is 24.9 Å². The average molecular weight is 229 g/mol. The van der Waals surface area contributed by atoms with Crippen molar-refractivity contribution >= 4 is 0 Å². The lowest BCUT2D eigenvalue weighted by Gasteiger charge is -2.10. The summed E-state index contributed by atoms with van der Waals surface area (Å²) < 4.78 is 29.0. The average Bonchev–Trinajstić information content (AvgIpc) is 2.75. The van der Waals surface area contributed by atoms with Crippen LogP contribution in [-0.4, -0.2) is 20.5 Å². The Morgan fingerprint density at radius 3 is 3.00 bits per heavy atom. The quantitative estimate of drug-likeness (QED) is 0.780. The molecule has 88 valence electrons. The lowest BCUT2D eigenvalue weighted by atomic mass is 10.1. The summed E-state index contributed by atoms with van der Waals surface area (Å²) in [5, 5.41) is 0. The molecule has 0 bridgehead atoms. The maximum atomic E-state index is 13.9. The molecule has 2 rings (SSSR count). The van der Waals surface area contributed by atoms with Crippen LogP contribution in [0, 0.1) is 5.82 Å². The molecule has 0 saturated heterocycles. The van der Waals surface area contributed by atoms with Gasteiger partial charge in [-0.3, -0.25) is 0 Å². The Kier molecular flexibility index (Phi) is 3.12. The van der Waals surface area contributed by atoms with E-state index >= 15 is 0 Å². The van der Waals surface area contributed by atoms with Gasteiger partial charge in [-0.2, -0.15) is 4.39 Å². The van der Waals surface area contributed by atoms with E-state index in [0.717, 1.165) is 0 Å². The lowest BCUT2D eigenvalue weighted by molar-refractivity contribution is 0.140. The van der Waals surface area contributed by atoms with Crippen molar-refractivity contribution in [2.75, 3.05) is 20.5 Å². The second-order valence-corrected chi connectivity index (χ2v) is 3.24. The zero-order valence-corrected chi connectivity index (χ0v) is 8.79. The molecule has 0 spiro atoms. The zero-order chi connectivity index (χ0) is 11.5. The van der Waals surface area contributed by atoms with E-state index in [2.05, 4.69) is 4.84 Å². The fourth-order valence-corrected chi connectivity index (χ4v) is 1.61. The number of hydrogen-bond donors (Lipinski definition) is 1. The van der Waals surface area contributed by atoms with Crippen molar-refractivity contribution in [3.8, 4) is 17.2 Å². The normalized spacial score (nSPS) is 12.9. The van der Waals surface area contributed by atoms with Gasteiger partial charge >= 0.3 is 0 Å². The van der Waals surface area contributed by atoms with Gasteiger partial charge < -0.3 is 19.0 Å². The molecule has 5 nitrogen and oxygen atoms in total. The molecule has 1 heterocycles. The molecule has 0 amide bonds. The molecule has 1 aliphatic heterocycles. The molecular formula is C10H12FNO4. The summed E-state index contributed by atoms with van der Waals surface area (Å²) in [7, 11) is 1.40. The summed E-state index contributed by atoms with van der Waals surface area (Å²) in [6.07, 6.45) is 0.438. The van der Waals surface area contributed by atoms with E-state index in [9.17, 15) is 4.39 Å². The second-order valence-electron chi connectivity index (χ2n) is 3.24. The monoisotopic (exact) mass is 229 g/mol. The van der Waals surface area contributed by atoms with Gasteiger partial charge in [0.1, 0.15) is 0 Å². The van der Waals surface area contributed by atoms with Crippen LogP contribution in [0.2, 0.25) is 0 Å². The van der Waals surface area contributed by atoms with Crippen molar-refractivity contribution in [2.24, 2.45) is 5.90 Å². The zero-order valence-electron chi connectivity index (χ0n) is 8.79. The Hall–Kier alpha value is -1.53. The predicted molar refractivity (Wildman–Crippen MR) is 52.9 cm³/mol. The van der Waals surface area contributed by atoms with Gasteiger partial charge in [0.2, 0.25) is 18.4 Å². The van der Waals surface area contributed by atoms with E-state index in [1.54, 1.807) is 6.07 Å². The number of halogens is 1. The Morgan fingerprint density at radius 1 is 1.50 bits per heavy atom. The molecule has 1 aliphatic rings. The highest BCUT2D eigenvalue weighted by atomic mass is 19.1. The number of ether oxygens (including phenoxy) is 3. The van der Waals surface area contributed by atoms with Crippen LogP contribution in [0.5, 0.6) is 17.2 Å². The van der Waals surface area contributed by atoms with Gasteiger partial charge in [0.15, 0.2) is 11.5 Å². The topological polar surface area (TPSA) is 62.9 Å². The van der Waals surface area contributed by atoms with Gasteiger partial charge in [-0.25, -0.2) is 5.90 Å². The Labute approximate surface area is 91.8 Å². The maximum Gasteiger partial charge on any atom is 0.231 e. The van der Waals surface area contributed by atoms with Gasteiger partial charge in [0, 0.05) is 12.0 Å². The molecule has 2 N–H and O–H groups in total. The van der Waals surface area contributed by atoms with Crippen LogP contribution in [0.3, 0.4) is 0 Å². The summed E-state index contributed by atoms with van der Waals surface area (Å²) >= 11 is 0. The highest BCUT2D eigenvalue weighted by molar-refractivity contribution is 5.53. The second kappa shape index (κ2) is 4.54. The molecule has 0 atom stereocenters. The summed E-state index contributed by atoms with van der Waals surface area (Å²) in [5.41, 5.74) is 0.634. The first-order valence-electron chi connectivity index (χ1n) is 4.74. The molecule has 1 aromatic carbocycles. The molecule has 6 heteroatoms. The fourth-order valence-electron chi connectivity index (χ4n) is 1.61. The first-order valence-corrected chi connectivity index (χ1v) is 4.74. The number of methoxy groups -OCH3 is 1. The molecule has 0 unspecified atom stereocenters.